The van der Waals surface area contributed by atoms with Gasteiger partial charge < -0.3 is 11.1 Å². The van der Waals surface area contributed by atoms with Gasteiger partial charge in [-0.1, -0.05) is 25.5 Å². The van der Waals surface area contributed by atoms with E-state index in [-0.39, 0.29) is 5.78 Å². The van der Waals surface area contributed by atoms with Crippen molar-refractivity contribution < 1.29 is 4.79 Å². The molecule has 3 nitrogen and oxygen atoms in total. The molecule has 0 aliphatic rings. The molecule has 2 aromatic carbocycles. The third-order valence-corrected chi connectivity index (χ3v) is 3.49. The molecule has 0 atom stereocenters. The van der Waals surface area contributed by atoms with Crippen LogP contribution in [-0.2, 0) is 6.42 Å². The Morgan fingerprint density at radius 1 is 1.10 bits per heavy atom. The van der Waals surface area contributed by atoms with E-state index in [1.54, 1.807) is 12.1 Å². The van der Waals surface area contributed by atoms with Crippen molar-refractivity contribution >= 4 is 22.8 Å². The van der Waals surface area contributed by atoms with Crippen molar-refractivity contribution in [2.75, 3.05) is 11.1 Å². The lowest BCUT2D eigenvalue weighted by Gasteiger charge is -2.10. The maximum Gasteiger partial charge on any atom is 0.161 e. The number of nitrogens with one attached hydrogen (secondary N) is 1. The van der Waals surface area contributed by atoms with E-state index < -0.39 is 0 Å². The molecule has 0 spiro atoms. The highest BCUT2D eigenvalue weighted by molar-refractivity contribution is 6.00. The minimum Gasteiger partial charge on any atom is -0.398 e. The molecular weight excluding hydrogens is 260 g/mol. The Morgan fingerprint density at radius 3 is 2.38 bits per heavy atom. The van der Waals surface area contributed by atoms with E-state index in [0.717, 1.165) is 17.8 Å². The first-order chi connectivity index (χ1) is 10.1. The van der Waals surface area contributed by atoms with Crippen molar-refractivity contribution in [2.45, 2.75) is 33.1 Å². The summed E-state index contributed by atoms with van der Waals surface area (Å²) in [7, 11) is 0. The van der Waals surface area contributed by atoms with E-state index in [1.807, 2.05) is 6.07 Å². The van der Waals surface area contributed by atoms with Crippen LogP contribution in [0.4, 0.5) is 17.1 Å². The Hall–Kier alpha value is -2.29. The van der Waals surface area contributed by atoms with Crippen molar-refractivity contribution in [3.8, 4) is 0 Å². The molecule has 2 aromatic rings. The molecule has 3 N–H and O–H groups in total. The van der Waals surface area contributed by atoms with Crippen LogP contribution in [0.2, 0.25) is 0 Å². The Kier molecular flexibility index (Phi) is 4.99. The molecule has 0 amide bonds. The molecule has 0 radical (unpaired) electrons. The van der Waals surface area contributed by atoms with Crippen molar-refractivity contribution in [3.63, 3.8) is 0 Å². The molecule has 0 saturated heterocycles. The normalized spacial score (nSPS) is 10.4. The average Bonchev–Trinajstić information content (AvgIpc) is 2.48. The van der Waals surface area contributed by atoms with Crippen LogP contribution in [0.1, 0.15) is 42.6 Å². The minimum absolute atomic E-state index is 0.0222. The second-order valence-corrected chi connectivity index (χ2v) is 5.28. The van der Waals surface area contributed by atoms with Gasteiger partial charge in [0.15, 0.2) is 5.78 Å². The lowest BCUT2D eigenvalue weighted by atomic mass is 10.1. The minimum atomic E-state index is -0.0222. The summed E-state index contributed by atoms with van der Waals surface area (Å²) in [6.07, 6.45) is 3.54. The number of Topliss-reactive ketones (excluding diaryl/α,β-unsaturated/α-hetero) is 1. The maximum absolute atomic E-state index is 11.5. The highest BCUT2D eigenvalue weighted by Crippen LogP contribution is 2.22. The van der Waals surface area contributed by atoms with Gasteiger partial charge in [0.2, 0.25) is 0 Å². The maximum atomic E-state index is 11.5. The third-order valence-electron chi connectivity index (χ3n) is 3.49. The molecule has 0 aliphatic heterocycles. The number of unbranched alkanes of at least 4 members (excludes halogenated alkanes) is 1. The van der Waals surface area contributed by atoms with Crippen molar-refractivity contribution in [2.24, 2.45) is 0 Å². The Labute approximate surface area is 126 Å². The van der Waals surface area contributed by atoms with Crippen LogP contribution in [0, 0.1) is 0 Å². The SMILES string of the molecule is CCCCc1ccc(Nc2ccc(N)c(C(C)=O)c2)cc1. The number of nitrogen functional groups attached to an aromatic ring is 1. The molecule has 21 heavy (non-hydrogen) atoms. The van der Waals surface area contributed by atoms with E-state index in [2.05, 4.69) is 36.5 Å². The predicted octanol–water partition coefficient (Wildman–Crippen LogP) is 4.56. The quantitative estimate of drug-likeness (QED) is 0.603. The van der Waals surface area contributed by atoms with Gasteiger partial charge in [-0.3, -0.25) is 4.79 Å². The van der Waals surface area contributed by atoms with Gasteiger partial charge in [0.1, 0.15) is 0 Å². The fraction of sp³-hybridized carbons (Fsp3) is 0.278. The highest BCUT2D eigenvalue weighted by Gasteiger charge is 2.06. The molecule has 3 heteroatoms. The van der Waals surface area contributed by atoms with Crippen LogP contribution >= 0.6 is 0 Å². The van der Waals surface area contributed by atoms with Gasteiger partial charge in [0, 0.05) is 22.6 Å². The average molecular weight is 282 g/mol. The van der Waals surface area contributed by atoms with Gasteiger partial charge in [0.05, 0.1) is 0 Å². The Balaban J connectivity index is 2.11. The highest BCUT2D eigenvalue weighted by atomic mass is 16.1. The Bertz CT molecular complexity index is 618. The summed E-state index contributed by atoms with van der Waals surface area (Å²) in [5, 5.41) is 3.30. The first kappa shape index (κ1) is 15.1. The Morgan fingerprint density at radius 2 is 1.76 bits per heavy atom. The van der Waals surface area contributed by atoms with Crippen LogP contribution in [0.3, 0.4) is 0 Å². The second-order valence-electron chi connectivity index (χ2n) is 5.28. The molecule has 0 aromatic heterocycles. The van der Waals surface area contributed by atoms with E-state index in [0.29, 0.717) is 11.3 Å². The van der Waals surface area contributed by atoms with Crippen LogP contribution in [-0.4, -0.2) is 5.78 Å². The molecule has 0 saturated carbocycles. The summed E-state index contributed by atoms with van der Waals surface area (Å²) >= 11 is 0. The monoisotopic (exact) mass is 282 g/mol. The molecule has 0 heterocycles. The molecular formula is C18H22N2O. The van der Waals surface area contributed by atoms with E-state index in [9.17, 15) is 4.79 Å². The van der Waals surface area contributed by atoms with E-state index >= 15 is 0 Å². The zero-order valence-electron chi connectivity index (χ0n) is 12.6. The largest absolute Gasteiger partial charge is 0.398 e. The first-order valence-electron chi connectivity index (χ1n) is 7.36. The summed E-state index contributed by atoms with van der Waals surface area (Å²) in [6.45, 7) is 3.72. The van der Waals surface area contributed by atoms with Crippen LogP contribution in [0.5, 0.6) is 0 Å². The molecule has 2 rings (SSSR count). The number of nitrogens with two attached hydrogens (primary N) is 1. The number of carbonyl (C=O) groups is 1. The smallest absolute Gasteiger partial charge is 0.161 e. The van der Waals surface area contributed by atoms with E-state index in [4.69, 9.17) is 5.73 Å². The molecule has 110 valence electrons. The van der Waals surface area contributed by atoms with Crippen molar-refractivity contribution in [3.05, 3.63) is 53.6 Å². The summed E-state index contributed by atoms with van der Waals surface area (Å²) in [5.41, 5.74) is 10.1. The molecule has 0 aliphatic carbocycles. The van der Waals surface area contributed by atoms with Gasteiger partial charge in [0.25, 0.3) is 0 Å². The lowest BCUT2D eigenvalue weighted by molar-refractivity contribution is 0.101. The zero-order chi connectivity index (χ0) is 15.2. The zero-order valence-corrected chi connectivity index (χ0v) is 12.6. The van der Waals surface area contributed by atoms with Gasteiger partial charge in [-0.25, -0.2) is 0 Å². The first-order valence-corrected chi connectivity index (χ1v) is 7.36. The van der Waals surface area contributed by atoms with Gasteiger partial charge in [-0.15, -0.1) is 0 Å². The van der Waals surface area contributed by atoms with Gasteiger partial charge in [-0.2, -0.15) is 0 Å². The standard InChI is InChI=1S/C18H22N2O/c1-3-4-5-14-6-8-15(9-7-14)20-16-10-11-18(19)17(12-16)13(2)21/h6-12,20H,3-5,19H2,1-2H3. The summed E-state index contributed by atoms with van der Waals surface area (Å²) < 4.78 is 0. The molecule has 0 fully saturated rings. The fourth-order valence-electron chi connectivity index (χ4n) is 2.24. The third kappa shape index (κ3) is 4.09. The summed E-state index contributed by atoms with van der Waals surface area (Å²) in [4.78, 5) is 11.5. The summed E-state index contributed by atoms with van der Waals surface area (Å²) in [5.74, 6) is -0.0222. The topological polar surface area (TPSA) is 55.1 Å². The van der Waals surface area contributed by atoms with Gasteiger partial charge in [-0.05, 0) is 55.7 Å². The number of hydrogen-bond donors (Lipinski definition) is 2. The number of benzene rings is 2. The predicted molar refractivity (Wildman–Crippen MR) is 89.2 cm³/mol. The van der Waals surface area contributed by atoms with Crippen molar-refractivity contribution in [1.82, 2.24) is 0 Å². The van der Waals surface area contributed by atoms with Gasteiger partial charge >= 0.3 is 0 Å². The number of hydrogen-bond acceptors (Lipinski definition) is 3. The lowest BCUT2D eigenvalue weighted by Crippen LogP contribution is -2.01. The number of rotatable bonds is 6. The number of aryl methyl sites for hydroxylation is 1. The summed E-state index contributed by atoms with van der Waals surface area (Å²) in [6, 6.07) is 13.8. The second kappa shape index (κ2) is 6.93. The molecule has 0 unspecified atom stereocenters. The number of carbonyl (C=O) groups excluding carboxylic acids is 1. The fourth-order valence-corrected chi connectivity index (χ4v) is 2.24. The van der Waals surface area contributed by atoms with Crippen LogP contribution in [0.25, 0.3) is 0 Å². The van der Waals surface area contributed by atoms with Crippen LogP contribution in [0.15, 0.2) is 42.5 Å². The van der Waals surface area contributed by atoms with E-state index in [1.165, 1.54) is 25.3 Å². The van der Waals surface area contributed by atoms with Crippen LogP contribution < -0.4 is 11.1 Å². The molecule has 0 bridgehead atoms. The number of anilines is 3. The number of ketones is 1. The van der Waals surface area contributed by atoms with Crippen molar-refractivity contribution in [1.29, 1.82) is 0 Å².